The Balaban J connectivity index is 2.20. The van der Waals surface area contributed by atoms with Crippen molar-refractivity contribution in [2.24, 2.45) is 0 Å². The number of hydrogen-bond donors (Lipinski definition) is 3. The molecule has 1 aliphatic rings. The molecule has 2 atom stereocenters. The number of nitrogens with one attached hydrogen (secondary N) is 1. The molecular formula is C12H11Br3N2O4. The smallest absolute Gasteiger partial charge is 0.326 e. The van der Waals surface area contributed by atoms with Gasteiger partial charge in [0.1, 0.15) is 6.04 Å². The predicted octanol–water partition coefficient (Wildman–Crippen LogP) is 3.03. The number of carbonyl (C=O) groups is 2. The number of aliphatic carboxylic acids is 1. The van der Waals surface area contributed by atoms with Gasteiger partial charge in [0.25, 0.3) is 0 Å². The Kier molecular flexibility index (Phi) is 5.29. The first-order valence-electron chi connectivity index (χ1n) is 5.92. The Bertz CT molecular complexity index is 573. The number of hydrogen-bond acceptors (Lipinski definition) is 3. The fraction of sp³-hybridized carbons (Fsp3) is 0.333. The average Bonchev–Trinajstić information content (AvgIpc) is 2.76. The maximum absolute atomic E-state index is 12.3. The van der Waals surface area contributed by atoms with Crippen LogP contribution in [0.2, 0.25) is 0 Å². The molecule has 3 N–H and O–H groups in total. The molecule has 1 fully saturated rings. The first kappa shape index (κ1) is 16.7. The number of anilines is 1. The molecule has 1 heterocycles. The van der Waals surface area contributed by atoms with Gasteiger partial charge in [-0.3, -0.25) is 0 Å². The zero-order valence-electron chi connectivity index (χ0n) is 10.5. The summed E-state index contributed by atoms with van der Waals surface area (Å²) in [6, 6.07) is 1.93. The second-order valence-electron chi connectivity index (χ2n) is 4.57. The summed E-state index contributed by atoms with van der Waals surface area (Å²) in [6.07, 6.45) is -0.792. The van der Waals surface area contributed by atoms with Gasteiger partial charge in [-0.2, -0.15) is 0 Å². The van der Waals surface area contributed by atoms with E-state index in [1.165, 1.54) is 0 Å². The molecule has 21 heavy (non-hydrogen) atoms. The fourth-order valence-corrected chi connectivity index (χ4v) is 4.57. The largest absolute Gasteiger partial charge is 0.480 e. The van der Waals surface area contributed by atoms with Crippen LogP contribution in [-0.4, -0.2) is 45.8 Å². The summed E-state index contributed by atoms with van der Waals surface area (Å²) < 4.78 is 2.10. The molecule has 0 saturated carbocycles. The minimum atomic E-state index is -1.13. The number of aliphatic hydroxyl groups excluding tert-OH is 1. The molecule has 2 amide bonds. The van der Waals surface area contributed by atoms with Gasteiger partial charge in [-0.05, 0) is 44.0 Å². The lowest BCUT2D eigenvalue weighted by Gasteiger charge is -2.22. The van der Waals surface area contributed by atoms with E-state index in [-0.39, 0.29) is 13.0 Å². The van der Waals surface area contributed by atoms with Crippen molar-refractivity contribution in [1.82, 2.24) is 4.90 Å². The lowest BCUT2D eigenvalue weighted by atomic mass is 10.2. The Morgan fingerprint density at radius 2 is 1.81 bits per heavy atom. The molecule has 6 nitrogen and oxygen atoms in total. The number of rotatable bonds is 2. The third kappa shape index (κ3) is 3.77. The average molecular weight is 487 g/mol. The second kappa shape index (κ2) is 6.64. The predicted molar refractivity (Wildman–Crippen MR) is 87.3 cm³/mol. The van der Waals surface area contributed by atoms with Crippen molar-refractivity contribution in [2.75, 3.05) is 11.9 Å². The molecule has 0 spiro atoms. The fourth-order valence-electron chi connectivity index (χ4n) is 2.11. The molecular weight excluding hydrogens is 476 g/mol. The van der Waals surface area contributed by atoms with Crippen molar-refractivity contribution in [3.05, 3.63) is 25.6 Å². The standard InChI is InChI=1S/C12H11Br3N2O4/c13-5-1-7(14)10(8(15)2-5)16-12(21)17-4-6(18)3-9(17)11(19)20/h1-2,6,9,18H,3-4H2,(H,16,21)(H,19,20)/t6-,9+/m1/s1. The minimum absolute atomic E-state index is 0.00539. The molecule has 1 aromatic rings. The molecule has 0 aliphatic carbocycles. The molecule has 0 aromatic heterocycles. The molecule has 1 aromatic carbocycles. The number of amides is 2. The van der Waals surface area contributed by atoms with E-state index < -0.39 is 24.1 Å². The highest BCUT2D eigenvalue weighted by Gasteiger charge is 2.39. The Labute approximate surface area is 145 Å². The number of aliphatic hydroxyl groups is 1. The zero-order chi connectivity index (χ0) is 15.7. The van der Waals surface area contributed by atoms with Crippen LogP contribution in [0.3, 0.4) is 0 Å². The second-order valence-corrected chi connectivity index (χ2v) is 7.19. The third-order valence-corrected chi connectivity index (χ3v) is 4.77. The Morgan fingerprint density at radius 3 is 2.33 bits per heavy atom. The zero-order valence-corrected chi connectivity index (χ0v) is 15.3. The van der Waals surface area contributed by atoms with Gasteiger partial charge in [-0.25, -0.2) is 9.59 Å². The number of carbonyl (C=O) groups excluding carboxylic acids is 1. The number of nitrogens with zero attached hydrogens (tertiary/aromatic N) is 1. The maximum Gasteiger partial charge on any atom is 0.326 e. The van der Waals surface area contributed by atoms with E-state index >= 15 is 0 Å². The summed E-state index contributed by atoms with van der Waals surface area (Å²) in [5.41, 5.74) is 0.494. The van der Waals surface area contributed by atoms with Gasteiger partial charge in [-0.1, -0.05) is 15.9 Å². The van der Waals surface area contributed by atoms with Crippen LogP contribution in [0.15, 0.2) is 25.6 Å². The van der Waals surface area contributed by atoms with E-state index in [1.54, 1.807) is 12.1 Å². The molecule has 1 aliphatic heterocycles. The van der Waals surface area contributed by atoms with E-state index in [0.717, 1.165) is 9.37 Å². The summed E-state index contributed by atoms with van der Waals surface area (Å²) in [5.74, 6) is -1.13. The summed E-state index contributed by atoms with van der Waals surface area (Å²) in [7, 11) is 0. The molecule has 2 rings (SSSR count). The van der Waals surface area contributed by atoms with Crippen LogP contribution < -0.4 is 5.32 Å². The van der Waals surface area contributed by atoms with Crippen molar-refractivity contribution in [2.45, 2.75) is 18.6 Å². The van der Waals surface area contributed by atoms with Crippen molar-refractivity contribution in [3.63, 3.8) is 0 Å². The highest BCUT2D eigenvalue weighted by atomic mass is 79.9. The van der Waals surface area contributed by atoms with E-state index in [0.29, 0.717) is 14.6 Å². The Hall–Kier alpha value is -0.640. The van der Waals surface area contributed by atoms with Gasteiger partial charge >= 0.3 is 12.0 Å². The molecule has 114 valence electrons. The van der Waals surface area contributed by atoms with Crippen molar-refractivity contribution >= 4 is 65.5 Å². The van der Waals surface area contributed by atoms with Crippen molar-refractivity contribution in [3.8, 4) is 0 Å². The number of halogens is 3. The quantitative estimate of drug-likeness (QED) is 0.599. The monoisotopic (exact) mass is 484 g/mol. The van der Waals surface area contributed by atoms with Gasteiger partial charge in [0.15, 0.2) is 0 Å². The molecule has 9 heteroatoms. The van der Waals surface area contributed by atoms with Crippen LogP contribution in [0.25, 0.3) is 0 Å². The van der Waals surface area contributed by atoms with Crippen molar-refractivity contribution in [1.29, 1.82) is 0 Å². The maximum atomic E-state index is 12.3. The number of urea groups is 1. The first-order valence-corrected chi connectivity index (χ1v) is 8.30. The lowest BCUT2D eigenvalue weighted by Crippen LogP contribution is -2.43. The summed E-state index contributed by atoms with van der Waals surface area (Å²) in [6.45, 7) is -0.00539. The van der Waals surface area contributed by atoms with E-state index in [4.69, 9.17) is 5.11 Å². The number of likely N-dealkylation sites (tertiary alicyclic amines) is 1. The first-order chi connectivity index (χ1) is 9.79. The van der Waals surface area contributed by atoms with Crippen LogP contribution >= 0.6 is 47.8 Å². The van der Waals surface area contributed by atoms with Crippen LogP contribution in [0.1, 0.15) is 6.42 Å². The van der Waals surface area contributed by atoms with Gasteiger partial charge in [0.05, 0.1) is 11.8 Å². The van der Waals surface area contributed by atoms with Gasteiger partial charge in [-0.15, -0.1) is 0 Å². The van der Waals surface area contributed by atoms with Crippen LogP contribution in [-0.2, 0) is 4.79 Å². The Morgan fingerprint density at radius 1 is 1.24 bits per heavy atom. The van der Waals surface area contributed by atoms with E-state index in [2.05, 4.69) is 53.1 Å². The lowest BCUT2D eigenvalue weighted by molar-refractivity contribution is -0.141. The van der Waals surface area contributed by atoms with Crippen LogP contribution in [0.5, 0.6) is 0 Å². The SMILES string of the molecule is O=C(O)[C@@H]1C[C@@H](O)CN1C(=O)Nc1c(Br)cc(Br)cc1Br. The van der Waals surface area contributed by atoms with E-state index in [1.807, 2.05) is 0 Å². The summed E-state index contributed by atoms with van der Waals surface area (Å²) in [4.78, 5) is 24.5. The van der Waals surface area contributed by atoms with Crippen molar-refractivity contribution < 1.29 is 19.8 Å². The number of carboxylic acids is 1. The third-order valence-electron chi connectivity index (χ3n) is 3.06. The highest BCUT2D eigenvalue weighted by Crippen LogP contribution is 2.35. The number of β-amino-alcohol motifs (C(OH)–C–C–N with tert-alkyl or cyclic N) is 1. The highest BCUT2D eigenvalue weighted by molar-refractivity contribution is 9.11. The molecule has 0 unspecified atom stereocenters. The minimum Gasteiger partial charge on any atom is -0.480 e. The summed E-state index contributed by atoms with van der Waals surface area (Å²) in [5, 5.41) is 21.3. The number of benzene rings is 1. The van der Waals surface area contributed by atoms with Gasteiger partial charge in [0.2, 0.25) is 0 Å². The van der Waals surface area contributed by atoms with Crippen LogP contribution in [0.4, 0.5) is 10.5 Å². The normalized spacial score (nSPS) is 21.4. The summed E-state index contributed by atoms with van der Waals surface area (Å²) >= 11 is 9.99. The topological polar surface area (TPSA) is 89.9 Å². The molecule has 1 saturated heterocycles. The van der Waals surface area contributed by atoms with Crippen LogP contribution in [0, 0.1) is 0 Å². The molecule has 0 radical (unpaired) electrons. The van der Waals surface area contributed by atoms with Gasteiger partial charge < -0.3 is 20.4 Å². The van der Waals surface area contributed by atoms with Gasteiger partial charge in [0, 0.05) is 26.4 Å². The molecule has 0 bridgehead atoms. The van der Waals surface area contributed by atoms with E-state index in [9.17, 15) is 14.7 Å². The number of carboxylic acid groups (broad SMARTS) is 1.